The summed E-state index contributed by atoms with van der Waals surface area (Å²) < 4.78 is 0. The first-order valence-corrected chi connectivity index (χ1v) is 8.79. The Bertz CT molecular complexity index is 662. The van der Waals surface area contributed by atoms with Gasteiger partial charge in [-0.1, -0.05) is 67.1 Å². The van der Waals surface area contributed by atoms with Crippen LogP contribution in [0.5, 0.6) is 0 Å². The molecule has 0 aliphatic heterocycles. The molecule has 3 nitrogen and oxygen atoms in total. The summed E-state index contributed by atoms with van der Waals surface area (Å²) in [6.45, 7) is 3.71. The maximum Gasteiger partial charge on any atom is 0.178 e. The fourth-order valence-electron chi connectivity index (χ4n) is 2.65. The number of benzene rings is 2. The molecule has 2 aromatic carbocycles. The van der Waals surface area contributed by atoms with Crippen LogP contribution in [-0.4, -0.2) is 20.9 Å². The Morgan fingerprint density at radius 1 is 0.840 bits per heavy atom. The minimum absolute atomic E-state index is 0.492. The first kappa shape index (κ1) is 19.4. The number of hydrogen-bond donors (Lipinski definition) is 3. The molecule has 2 aromatic rings. The van der Waals surface area contributed by atoms with Gasteiger partial charge in [-0.2, -0.15) is 0 Å². The van der Waals surface area contributed by atoms with Gasteiger partial charge >= 0.3 is 0 Å². The summed E-state index contributed by atoms with van der Waals surface area (Å²) >= 11 is 0. The highest BCUT2D eigenvalue weighted by Gasteiger charge is 2.10. The van der Waals surface area contributed by atoms with Gasteiger partial charge in [0, 0.05) is 5.56 Å². The van der Waals surface area contributed by atoms with Gasteiger partial charge in [0.1, 0.15) is 0 Å². The van der Waals surface area contributed by atoms with Crippen LogP contribution in [0.2, 0.25) is 0 Å². The van der Waals surface area contributed by atoms with Gasteiger partial charge in [0.2, 0.25) is 0 Å². The summed E-state index contributed by atoms with van der Waals surface area (Å²) in [4.78, 5) is 0. The van der Waals surface area contributed by atoms with Crippen molar-refractivity contribution in [3.8, 4) is 0 Å². The van der Waals surface area contributed by atoms with Crippen molar-refractivity contribution in [1.29, 1.82) is 0 Å². The third-order valence-electron chi connectivity index (χ3n) is 4.19. The minimum Gasteiger partial charge on any atom is -0.390 e. The van der Waals surface area contributed by atoms with Crippen molar-refractivity contribution in [2.45, 2.75) is 51.4 Å². The van der Waals surface area contributed by atoms with Crippen LogP contribution in [0.3, 0.4) is 0 Å². The Balaban J connectivity index is 1.85. The normalized spacial score (nSPS) is 12.2. The first-order valence-electron chi connectivity index (χ1n) is 8.79. The van der Waals surface area contributed by atoms with Gasteiger partial charge in [-0.15, -0.1) is 0 Å². The number of unbranched alkanes of at least 4 members (excludes halogenated alkanes) is 1. The third-order valence-corrected chi connectivity index (χ3v) is 4.19. The molecule has 0 bridgehead atoms. The molecule has 0 spiro atoms. The molecule has 134 valence electrons. The van der Waals surface area contributed by atoms with Gasteiger partial charge in [0.25, 0.3) is 0 Å². The molecule has 0 fully saturated rings. The lowest BCUT2D eigenvalue weighted by Crippen LogP contribution is -2.17. The first-order chi connectivity index (χ1) is 11.8. The van der Waals surface area contributed by atoms with Crippen LogP contribution < -0.4 is 0 Å². The van der Waals surface area contributed by atoms with E-state index >= 15 is 0 Å². The molecule has 25 heavy (non-hydrogen) atoms. The summed E-state index contributed by atoms with van der Waals surface area (Å²) in [6.07, 6.45) is 6.61. The SMILES string of the molecule is CC(C)(O)CCCCc1ccc(C=Cc2ccc(C(O)O)cc2)cc1. The van der Waals surface area contributed by atoms with E-state index in [1.54, 1.807) is 12.1 Å². The fourth-order valence-corrected chi connectivity index (χ4v) is 2.65. The van der Waals surface area contributed by atoms with Crippen molar-refractivity contribution in [2.75, 3.05) is 0 Å². The van der Waals surface area contributed by atoms with Crippen LogP contribution in [0, 0.1) is 0 Å². The molecular formula is C22H28O3. The van der Waals surface area contributed by atoms with E-state index in [4.69, 9.17) is 10.2 Å². The van der Waals surface area contributed by atoms with Crippen LogP contribution in [0.4, 0.5) is 0 Å². The largest absolute Gasteiger partial charge is 0.390 e. The molecule has 0 unspecified atom stereocenters. The third kappa shape index (κ3) is 7.22. The molecule has 0 heterocycles. The van der Waals surface area contributed by atoms with Gasteiger partial charge in [0.05, 0.1) is 5.60 Å². The molecule has 0 aliphatic carbocycles. The topological polar surface area (TPSA) is 60.7 Å². The Kier molecular flexibility index (Phi) is 6.94. The maximum absolute atomic E-state index is 9.71. The summed E-state index contributed by atoms with van der Waals surface area (Å²) in [6, 6.07) is 15.7. The van der Waals surface area contributed by atoms with Gasteiger partial charge < -0.3 is 15.3 Å². The minimum atomic E-state index is -1.42. The number of hydrogen-bond acceptors (Lipinski definition) is 3. The smallest absolute Gasteiger partial charge is 0.178 e. The molecule has 0 aromatic heterocycles. The van der Waals surface area contributed by atoms with Crippen molar-refractivity contribution >= 4 is 12.2 Å². The summed E-state index contributed by atoms with van der Waals surface area (Å²) in [5.74, 6) is 0. The predicted octanol–water partition coefficient (Wildman–Crippen LogP) is 4.32. The molecule has 0 radical (unpaired) electrons. The van der Waals surface area contributed by atoms with Gasteiger partial charge in [-0.05, 0) is 49.8 Å². The zero-order valence-corrected chi connectivity index (χ0v) is 15.0. The molecule has 0 atom stereocenters. The Hall–Kier alpha value is -1.94. The highest BCUT2D eigenvalue weighted by molar-refractivity contribution is 5.69. The number of aliphatic hydroxyl groups is 3. The van der Waals surface area contributed by atoms with Crippen LogP contribution in [0.15, 0.2) is 48.5 Å². The number of rotatable bonds is 8. The van der Waals surface area contributed by atoms with Crippen molar-refractivity contribution < 1.29 is 15.3 Å². The number of aliphatic hydroxyl groups excluding tert-OH is 1. The van der Waals surface area contributed by atoms with E-state index in [0.29, 0.717) is 5.56 Å². The standard InChI is InChI=1S/C22H28O3/c1-22(2,25)16-4-3-5-17-6-8-18(9-7-17)10-11-19-12-14-20(15-13-19)21(23)24/h6-15,21,23-25H,3-5,16H2,1-2H3. The van der Waals surface area contributed by atoms with E-state index < -0.39 is 11.9 Å². The number of aryl methyl sites for hydroxylation is 1. The summed E-state index contributed by atoms with van der Waals surface area (Å²) in [5.41, 5.74) is 3.38. The van der Waals surface area contributed by atoms with Crippen molar-refractivity contribution in [1.82, 2.24) is 0 Å². The van der Waals surface area contributed by atoms with Crippen molar-refractivity contribution in [2.24, 2.45) is 0 Å². The van der Waals surface area contributed by atoms with Gasteiger partial charge in [0.15, 0.2) is 6.29 Å². The van der Waals surface area contributed by atoms with Gasteiger partial charge in [-0.25, -0.2) is 0 Å². The van der Waals surface area contributed by atoms with Crippen LogP contribution in [-0.2, 0) is 6.42 Å². The van der Waals surface area contributed by atoms with E-state index in [1.165, 1.54) is 5.56 Å². The molecule has 0 amide bonds. The quantitative estimate of drug-likeness (QED) is 0.381. The maximum atomic E-state index is 9.71. The second-order valence-corrected chi connectivity index (χ2v) is 7.13. The van der Waals surface area contributed by atoms with Gasteiger partial charge in [-0.3, -0.25) is 0 Å². The molecular weight excluding hydrogens is 312 g/mol. The van der Waals surface area contributed by atoms with Crippen LogP contribution in [0.25, 0.3) is 12.2 Å². The molecule has 0 aliphatic rings. The Morgan fingerprint density at radius 3 is 1.84 bits per heavy atom. The monoisotopic (exact) mass is 340 g/mol. The predicted molar refractivity (Wildman–Crippen MR) is 103 cm³/mol. The average molecular weight is 340 g/mol. The fraction of sp³-hybridized carbons (Fsp3) is 0.364. The lowest BCUT2D eigenvalue weighted by atomic mass is 9.99. The Labute approximate surface area is 150 Å². The summed E-state index contributed by atoms with van der Waals surface area (Å²) in [7, 11) is 0. The zero-order valence-electron chi connectivity index (χ0n) is 15.0. The summed E-state index contributed by atoms with van der Waals surface area (Å²) in [5, 5.41) is 27.9. The molecule has 3 N–H and O–H groups in total. The van der Waals surface area contributed by atoms with Crippen molar-refractivity contribution in [3.63, 3.8) is 0 Å². The second kappa shape index (κ2) is 8.95. The van der Waals surface area contributed by atoms with Crippen LogP contribution in [0.1, 0.15) is 61.7 Å². The highest BCUT2D eigenvalue weighted by Crippen LogP contribution is 2.16. The van der Waals surface area contributed by atoms with E-state index in [9.17, 15) is 5.11 Å². The van der Waals surface area contributed by atoms with E-state index in [1.807, 2.05) is 38.1 Å². The molecule has 3 heteroatoms. The zero-order chi connectivity index (χ0) is 18.3. The molecule has 0 saturated carbocycles. The van der Waals surface area contributed by atoms with E-state index in [-0.39, 0.29) is 0 Å². The van der Waals surface area contributed by atoms with E-state index in [0.717, 1.165) is 36.8 Å². The second-order valence-electron chi connectivity index (χ2n) is 7.13. The van der Waals surface area contributed by atoms with Crippen LogP contribution >= 0.6 is 0 Å². The lowest BCUT2D eigenvalue weighted by Gasteiger charge is -2.16. The molecule has 2 rings (SSSR count). The lowest BCUT2D eigenvalue weighted by molar-refractivity contribution is -0.0424. The van der Waals surface area contributed by atoms with E-state index in [2.05, 4.69) is 24.3 Å². The Morgan fingerprint density at radius 2 is 1.36 bits per heavy atom. The highest BCUT2D eigenvalue weighted by atomic mass is 16.5. The van der Waals surface area contributed by atoms with Crippen molar-refractivity contribution in [3.05, 3.63) is 70.8 Å². The average Bonchev–Trinajstić information content (AvgIpc) is 2.57. The molecule has 0 saturated heterocycles.